The second-order valence-corrected chi connectivity index (χ2v) is 7.52. The van der Waals surface area contributed by atoms with Gasteiger partial charge in [0.15, 0.2) is 0 Å². The van der Waals surface area contributed by atoms with Gasteiger partial charge in [0.1, 0.15) is 6.61 Å². The molecule has 0 N–H and O–H groups in total. The van der Waals surface area contributed by atoms with E-state index in [0.29, 0.717) is 24.6 Å². The highest BCUT2D eigenvalue weighted by molar-refractivity contribution is 5.84. The molecule has 0 atom stereocenters. The van der Waals surface area contributed by atoms with E-state index in [9.17, 15) is 4.79 Å². The maximum atomic E-state index is 12.8. The van der Waals surface area contributed by atoms with Crippen molar-refractivity contribution in [1.29, 1.82) is 0 Å². The van der Waals surface area contributed by atoms with E-state index in [1.807, 2.05) is 18.2 Å². The van der Waals surface area contributed by atoms with Crippen LogP contribution in [0.15, 0.2) is 30.3 Å². The van der Waals surface area contributed by atoms with Gasteiger partial charge in [-0.25, -0.2) is 0 Å². The molecule has 1 aromatic rings. The Morgan fingerprint density at radius 2 is 1.74 bits per heavy atom. The van der Waals surface area contributed by atoms with Crippen molar-refractivity contribution < 1.29 is 9.53 Å². The van der Waals surface area contributed by atoms with Crippen molar-refractivity contribution in [3.05, 3.63) is 35.9 Å². The van der Waals surface area contributed by atoms with Gasteiger partial charge in [0.2, 0.25) is 0 Å². The quantitative estimate of drug-likeness (QED) is 0.712. The summed E-state index contributed by atoms with van der Waals surface area (Å²) in [7, 11) is 0. The Bertz CT molecular complexity index is 496. The lowest BCUT2D eigenvalue weighted by molar-refractivity contribution is -0.157. The third-order valence-electron chi connectivity index (χ3n) is 5.02. The second-order valence-electron chi connectivity index (χ2n) is 7.52. The molecule has 0 aromatic heterocycles. The van der Waals surface area contributed by atoms with Crippen molar-refractivity contribution in [2.24, 2.45) is 5.92 Å². The van der Waals surface area contributed by atoms with Crippen LogP contribution in [-0.4, -0.2) is 36.1 Å². The molecule has 0 bridgehead atoms. The first kappa shape index (κ1) is 18.0. The molecule has 3 nitrogen and oxygen atoms in total. The van der Waals surface area contributed by atoms with E-state index in [1.165, 1.54) is 0 Å². The average molecular weight is 317 g/mol. The molecule has 23 heavy (non-hydrogen) atoms. The van der Waals surface area contributed by atoms with E-state index in [2.05, 4.69) is 51.7 Å². The number of rotatable bonds is 7. The third kappa shape index (κ3) is 3.95. The maximum absolute atomic E-state index is 12.8. The highest BCUT2D eigenvalue weighted by Crippen LogP contribution is 2.48. The zero-order valence-corrected chi connectivity index (χ0v) is 15.2. The highest BCUT2D eigenvalue weighted by atomic mass is 16.5. The summed E-state index contributed by atoms with van der Waals surface area (Å²) in [5.74, 6) is 0.542. The van der Waals surface area contributed by atoms with Crippen LogP contribution in [0.3, 0.4) is 0 Å². The Morgan fingerprint density at radius 1 is 1.17 bits per heavy atom. The number of carbonyl (C=O) groups excluding carboxylic acids is 1. The SMILES string of the molecule is CC(C)N(CCOC(=O)[C@]1(c2ccccc2)C[C@H](C)C1)C(C)C. The van der Waals surface area contributed by atoms with Gasteiger partial charge in [-0.3, -0.25) is 9.69 Å². The maximum Gasteiger partial charge on any atom is 0.316 e. The van der Waals surface area contributed by atoms with Crippen molar-refractivity contribution in [1.82, 2.24) is 4.90 Å². The van der Waals surface area contributed by atoms with Gasteiger partial charge < -0.3 is 4.74 Å². The Balaban J connectivity index is 1.98. The summed E-state index contributed by atoms with van der Waals surface area (Å²) in [6, 6.07) is 11.0. The van der Waals surface area contributed by atoms with Crippen LogP contribution in [0.4, 0.5) is 0 Å². The smallest absolute Gasteiger partial charge is 0.316 e. The lowest BCUT2D eigenvalue weighted by Crippen LogP contribution is -2.48. The van der Waals surface area contributed by atoms with Gasteiger partial charge in [0.05, 0.1) is 5.41 Å². The molecular formula is C20H31NO2. The van der Waals surface area contributed by atoms with Crippen molar-refractivity contribution in [3.8, 4) is 0 Å². The Hall–Kier alpha value is -1.35. The first-order valence-electron chi connectivity index (χ1n) is 8.85. The largest absolute Gasteiger partial charge is 0.464 e. The average Bonchev–Trinajstić information content (AvgIpc) is 2.48. The van der Waals surface area contributed by atoms with Gasteiger partial charge in [-0.2, -0.15) is 0 Å². The molecule has 0 aliphatic heterocycles. The number of esters is 1. The summed E-state index contributed by atoms with van der Waals surface area (Å²) in [4.78, 5) is 15.1. The van der Waals surface area contributed by atoms with Crippen LogP contribution in [-0.2, 0) is 14.9 Å². The summed E-state index contributed by atoms with van der Waals surface area (Å²) in [5.41, 5.74) is 0.689. The van der Waals surface area contributed by atoms with E-state index in [4.69, 9.17) is 4.74 Å². The van der Waals surface area contributed by atoms with Crippen LogP contribution in [0.25, 0.3) is 0 Å². The molecule has 0 radical (unpaired) electrons. The van der Waals surface area contributed by atoms with Crippen LogP contribution in [0, 0.1) is 5.92 Å². The predicted octanol–water partition coefficient (Wildman–Crippen LogP) is 4.02. The topological polar surface area (TPSA) is 29.5 Å². The molecule has 0 amide bonds. The fourth-order valence-electron chi connectivity index (χ4n) is 3.90. The summed E-state index contributed by atoms with van der Waals surface area (Å²) in [5, 5.41) is 0. The van der Waals surface area contributed by atoms with Gasteiger partial charge in [0, 0.05) is 18.6 Å². The molecule has 1 aromatic carbocycles. The molecule has 1 aliphatic rings. The molecule has 0 unspecified atom stereocenters. The predicted molar refractivity (Wildman–Crippen MR) is 94.5 cm³/mol. The first-order chi connectivity index (χ1) is 10.9. The Labute approximate surface area is 141 Å². The number of benzene rings is 1. The molecule has 1 fully saturated rings. The van der Waals surface area contributed by atoms with E-state index in [-0.39, 0.29) is 5.97 Å². The van der Waals surface area contributed by atoms with Crippen LogP contribution in [0.5, 0.6) is 0 Å². The molecular weight excluding hydrogens is 286 g/mol. The summed E-state index contributed by atoms with van der Waals surface area (Å²) >= 11 is 0. The van der Waals surface area contributed by atoms with Gasteiger partial charge >= 0.3 is 5.97 Å². The summed E-state index contributed by atoms with van der Waals surface area (Å²) in [6.07, 6.45) is 1.79. The lowest BCUT2D eigenvalue weighted by atomic mass is 9.59. The van der Waals surface area contributed by atoms with E-state index >= 15 is 0 Å². The van der Waals surface area contributed by atoms with Crippen LogP contribution >= 0.6 is 0 Å². The number of ether oxygens (including phenoxy) is 1. The van der Waals surface area contributed by atoms with Gasteiger partial charge in [-0.05, 0) is 52.0 Å². The van der Waals surface area contributed by atoms with Gasteiger partial charge in [-0.15, -0.1) is 0 Å². The van der Waals surface area contributed by atoms with Crippen LogP contribution in [0.1, 0.15) is 53.0 Å². The number of hydrogen-bond donors (Lipinski definition) is 0. The minimum absolute atomic E-state index is 0.0470. The van der Waals surface area contributed by atoms with Gasteiger partial charge in [0.25, 0.3) is 0 Å². The van der Waals surface area contributed by atoms with E-state index in [1.54, 1.807) is 0 Å². The molecule has 0 saturated heterocycles. The fourth-order valence-corrected chi connectivity index (χ4v) is 3.90. The van der Waals surface area contributed by atoms with Crippen molar-refractivity contribution in [3.63, 3.8) is 0 Å². The monoisotopic (exact) mass is 317 g/mol. The molecule has 3 heteroatoms. The summed E-state index contributed by atoms with van der Waals surface area (Å²) in [6.45, 7) is 12.2. The molecule has 1 saturated carbocycles. The molecule has 128 valence electrons. The highest BCUT2D eigenvalue weighted by Gasteiger charge is 2.50. The number of nitrogens with zero attached hydrogens (tertiary/aromatic N) is 1. The number of hydrogen-bond acceptors (Lipinski definition) is 3. The zero-order chi connectivity index (χ0) is 17.0. The molecule has 1 aliphatic carbocycles. The van der Waals surface area contributed by atoms with Gasteiger partial charge in [-0.1, -0.05) is 37.3 Å². The minimum Gasteiger partial charge on any atom is -0.464 e. The zero-order valence-electron chi connectivity index (χ0n) is 15.2. The number of carbonyl (C=O) groups is 1. The first-order valence-corrected chi connectivity index (χ1v) is 8.85. The van der Waals surface area contributed by atoms with Crippen molar-refractivity contribution >= 4 is 5.97 Å². The normalized spacial score (nSPS) is 24.1. The van der Waals surface area contributed by atoms with E-state index < -0.39 is 5.41 Å². The molecule has 2 rings (SSSR count). The third-order valence-corrected chi connectivity index (χ3v) is 5.02. The fraction of sp³-hybridized carbons (Fsp3) is 0.650. The molecule has 0 heterocycles. The summed E-state index contributed by atoms with van der Waals surface area (Å²) < 4.78 is 5.70. The second kappa shape index (κ2) is 7.48. The van der Waals surface area contributed by atoms with Crippen molar-refractivity contribution in [2.75, 3.05) is 13.2 Å². The lowest BCUT2D eigenvalue weighted by Gasteiger charge is -2.44. The minimum atomic E-state index is -0.416. The Kier molecular flexibility index (Phi) is 5.85. The molecule has 0 spiro atoms. The van der Waals surface area contributed by atoms with Crippen LogP contribution in [0.2, 0.25) is 0 Å². The van der Waals surface area contributed by atoms with Crippen molar-refractivity contribution in [2.45, 2.75) is 65.0 Å². The standard InChI is InChI=1S/C20H31NO2/c1-15(2)21(16(3)4)11-12-23-19(22)20(13-17(5)14-20)18-9-7-6-8-10-18/h6-10,15-17H,11-14H2,1-5H3/t17-,20+. The Morgan fingerprint density at radius 3 is 2.22 bits per heavy atom. The van der Waals surface area contributed by atoms with E-state index in [0.717, 1.165) is 24.9 Å². The van der Waals surface area contributed by atoms with Crippen LogP contribution < -0.4 is 0 Å².